The van der Waals surface area contributed by atoms with Gasteiger partial charge in [0.2, 0.25) is 0 Å². The van der Waals surface area contributed by atoms with Crippen LogP contribution in [0.3, 0.4) is 0 Å². The molecule has 0 amide bonds. The molecule has 0 aromatic rings. The second kappa shape index (κ2) is 3.55. The number of hydrogen-bond acceptors (Lipinski definition) is 1. The lowest BCUT2D eigenvalue weighted by atomic mass is 9.94. The molecule has 1 heteroatoms. The lowest BCUT2D eigenvalue weighted by Crippen LogP contribution is -2.07. The van der Waals surface area contributed by atoms with Crippen molar-refractivity contribution in [1.82, 2.24) is 0 Å². The fourth-order valence-electron chi connectivity index (χ4n) is 1.75. The van der Waals surface area contributed by atoms with Crippen LogP contribution in [0.4, 0.5) is 0 Å². The Hall–Kier alpha value is -0.590. The molecular weight excluding hydrogens is 124 g/mol. The number of carbonyl (C=O) groups is 1. The van der Waals surface area contributed by atoms with Crippen LogP contribution in [0.1, 0.15) is 25.7 Å². The van der Waals surface area contributed by atoms with Crippen LogP contribution >= 0.6 is 0 Å². The molecule has 56 valence electrons. The molecule has 0 aliphatic heterocycles. The molecule has 2 atom stereocenters. The number of aldehydes is 1. The molecule has 1 aliphatic carbocycles. The van der Waals surface area contributed by atoms with Gasteiger partial charge in [-0.2, -0.15) is 0 Å². The van der Waals surface area contributed by atoms with Gasteiger partial charge in [0.15, 0.2) is 0 Å². The van der Waals surface area contributed by atoms with Gasteiger partial charge >= 0.3 is 0 Å². The van der Waals surface area contributed by atoms with Crippen molar-refractivity contribution in [3.05, 3.63) is 12.7 Å². The van der Waals surface area contributed by atoms with E-state index in [2.05, 4.69) is 6.58 Å². The van der Waals surface area contributed by atoms with Crippen molar-refractivity contribution in [3.8, 4) is 0 Å². The summed E-state index contributed by atoms with van der Waals surface area (Å²) in [5, 5.41) is 0. The third-order valence-electron chi connectivity index (χ3n) is 2.36. The minimum absolute atomic E-state index is 0.331. The maximum absolute atomic E-state index is 10.5. The van der Waals surface area contributed by atoms with Crippen molar-refractivity contribution in [2.75, 3.05) is 0 Å². The van der Waals surface area contributed by atoms with Gasteiger partial charge in [0, 0.05) is 5.92 Å². The fraction of sp³-hybridized carbons (Fsp3) is 0.667. The molecule has 0 saturated heterocycles. The lowest BCUT2D eigenvalue weighted by molar-refractivity contribution is -0.111. The van der Waals surface area contributed by atoms with Gasteiger partial charge in [-0.1, -0.05) is 12.5 Å². The van der Waals surface area contributed by atoms with Crippen LogP contribution in [0.25, 0.3) is 0 Å². The Morgan fingerprint density at radius 2 is 2.30 bits per heavy atom. The highest BCUT2D eigenvalue weighted by atomic mass is 16.1. The first kappa shape index (κ1) is 7.52. The van der Waals surface area contributed by atoms with E-state index >= 15 is 0 Å². The van der Waals surface area contributed by atoms with E-state index in [4.69, 9.17) is 0 Å². The summed E-state index contributed by atoms with van der Waals surface area (Å²) >= 11 is 0. The van der Waals surface area contributed by atoms with E-state index in [0.29, 0.717) is 11.8 Å². The van der Waals surface area contributed by atoms with Crippen molar-refractivity contribution in [2.24, 2.45) is 11.8 Å². The highest BCUT2D eigenvalue weighted by Gasteiger charge is 2.24. The Labute approximate surface area is 62.1 Å². The average molecular weight is 138 g/mol. The monoisotopic (exact) mass is 138 g/mol. The zero-order chi connectivity index (χ0) is 7.40. The molecule has 1 aliphatic rings. The summed E-state index contributed by atoms with van der Waals surface area (Å²) in [6.45, 7) is 3.68. The van der Waals surface area contributed by atoms with Crippen molar-refractivity contribution in [1.29, 1.82) is 0 Å². The molecule has 0 N–H and O–H groups in total. The van der Waals surface area contributed by atoms with Crippen LogP contribution in [0.15, 0.2) is 12.7 Å². The zero-order valence-corrected chi connectivity index (χ0v) is 6.25. The van der Waals surface area contributed by atoms with E-state index in [-0.39, 0.29) is 0 Å². The van der Waals surface area contributed by atoms with Crippen LogP contribution < -0.4 is 0 Å². The van der Waals surface area contributed by atoms with E-state index in [0.717, 1.165) is 19.1 Å². The quantitative estimate of drug-likeness (QED) is 0.431. The van der Waals surface area contributed by atoms with Crippen LogP contribution in [-0.2, 0) is 4.79 Å². The standard InChI is InChI=1S/C9H14O/c1-2-4-8-5-3-6-9(8)7-10/h2,7-9H,1,3-6H2/t8-,9+/m0/s1. The third kappa shape index (κ3) is 1.47. The molecule has 0 spiro atoms. The molecule has 0 aromatic heterocycles. The van der Waals surface area contributed by atoms with Crippen LogP contribution in [0.2, 0.25) is 0 Å². The van der Waals surface area contributed by atoms with E-state index in [9.17, 15) is 4.79 Å². The molecule has 0 unspecified atom stereocenters. The molecule has 0 aromatic carbocycles. The SMILES string of the molecule is C=CC[C@H]1CCC[C@@H]1C=O. The van der Waals surface area contributed by atoms with Gasteiger partial charge in [0.25, 0.3) is 0 Å². The molecule has 1 fully saturated rings. The van der Waals surface area contributed by atoms with Crippen molar-refractivity contribution < 1.29 is 4.79 Å². The summed E-state index contributed by atoms with van der Waals surface area (Å²) in [6.07, 6.45) is 7.59. The summed E-state index contributed by atoms with van der Waals surface area (Å²) in [7, 11) is 0. The first-order valence-electron chi connectivity index (χ1n) is 3.94. The number of hydrogen-bond donors (Lipinski definition) is 0. The summed E-state index contributed by atoms with van der Waals surface area (Å²) in [4.78, 5) is 10.5. The Kier molecular flexibility index (Phi) is 2.67. The van der Waals surface area contributed by atoms with Gasteiger partial charge in [0.05, 0.1) is 0 Å². The topological polar surface area (TPSA) is 17.1 Å². The smallest absolute Gasteiger partial charge is 0.123 e. The minimum atomic E-state index is 0.331. The molecule has 1 nitrogen and oxygen atoms in total. The molecule has 0 heterocycles. The molecule has 0 radical (unpaired) electrons. The van der Waals surface area contributed by atoms with Crippen molar-refractivity contribution in [2.45, 2.75) is 25.7 Å². The van der Waals surface area contributed by atoms with Crippen molar-refractivity contribution >= 4 is 6.29 Å². The third-order valence-corrected chi connectivity index (χ3v) is 2.36. The first-order valence-corrected chi connectivity index (χ1v) is 3.94. The van der Waals surface area contributed by atoms with E-state index in [1.54, 1.807) is 0 Å². The Morgan fingerprint density at radius 1 is 1.50 bits per heavy atom. The van der Waals surface area contributed by atoms with Gasteiger partial charge in [-0.05, 0) is 25.2 Å². The second-order valence-corrected chi connectivity index (χ2v) is 3.02. The maximum Gasteiger partial charge on any atom is 0.123 e. The zero-order valence-electron chi connectivity index (χ0n) is 6.25. The van der Waals surface area contributed by atoms with E-state index in [1.807, 2.05) is 6.08 Å². The largest absolute Gasteiger partial charge is 0.303 e. The summed E-state index contributed by atoms with van der Waals surface area (Å²) < 4.78 is 0. The lowest BCUT2D eigenvalue weighted by Gasteiger charge is -2.09. The molecule has 1 saturated carbocycles. The predicted molar refractivity (Wildman–Crippen MR) is 41.7 cm³/mol. The summed E-state index contributed by atoms with van der Waals surface area (Å²) in [5.74, 6) is 0.938. The van der Waals surface area contributed by atoms with Gasteiger partial charge < -0.3 is 4.79 Å². The summed E-state index contributed by atoms with van der Waals surface area (Å²) in [6, 6.07) is 0. The second-order valence-electron chi connectivity index (χ2n) is 3.02. The Morgan fingerprint density at radius 3 is 2.90 bits per heavy atom. The average Bonchev–Trinajstić information content (AvgIpc) is 2.36. The number of allylic oxidation sites excluding steroid dienone is 1. The van der Waals surface area contributed by atoms with Gasteiger partial charge in [-0.3, -0.25) is 0 Å². The highest BCUT2D eigenvalue weighted by Crippen LogP contribution is 2.32. The van der Waals surface area contributed by atoms with Crippen LogP contribution in [0.5, 0.6) is 0 Å². The van der Waals surface area contributed by atoms with Gasteiger partial charge in [-0.15, -0.1) is 6.58 Å². The Bertz CT molecular complexity index is 129. The van der Waals surface area contributed by atoms with Gasteiger partial charge in [-0.25, -0.2) is 0 Å². The van der Waals surface area contributed by atoms with Crippen LogP contribution in [-0.4, -0.2) is 6.29 Å². The first-order chi connectivity index (χ1) is 4.88. The van der Waals surface area contributed by atoms with Crippen LogP contribution in [0, 0.1) is 11.8 Å². The van der Waals surface area contributed by atoms with Gasteiger partial charge in [0.1, 0.15) is 6.29 Å². The maximum atomic E-state index is 10.5. The normalized spacial score (nSPS) is 32.0. The van der Waals surface area contributed by atoms with E-state index in [1.165, 1.54) is 12.8 Å². The summed E-state index contributed by atoms with van der Waals surface area (Å²) in [5.41, 5.74) is 0. The fourth-order valence-corrected chi connectivity index (χ4v) is 1.75. The highest BCUT2D eigenvalue weighted by molar-refractivity contribution is 5.54. The van der Waals surface area contributed by atoms with E-state index < -0.39 is 0 Å². The predicted octanol–water partition coefficient (Wildman–Crippen LogP) is 2.18. The van der Waals surface area contributed by atoms with Crippen molar-refractivity contribution in [3.63, 3.8) is 0 Å². The molecular formula is C9H14O. The number of carbonyl (C=O) groups excluding carboxylic acids is 1. The molecule has 0 bridgehead atoms. The Balaban J connectivity index is 2.41. The molecule has 10 heavy (non-hydrogen) atoms. The molecule has 1 rings (SSSR count). The minimum Gasteiger partial charge on any atom is -0.303 e. The number of rotatable bonds is 3.